The van der Waals surface area contributed by atoms with Crippen molar-refractivity contribution in [2.45, 2.75) is 70.8 Å². The third-order valence-electron chi connectivity index (χ3n) is 9.35. The van der Waals surface area contributed by atoms with Crippen molar-refractivity contribution in [3.05, 3.63) is 0 Å². The molecule has 0 aromatic heterocycles. The van der Waals surface area contributed by atoms with Crippen LogP contribution < -0.4 is 0 Å². The molecule has 0 N–H and O–H groups in total. The fourth-order valence-corrected chi connectivity index (χ4v) is 8.33. The van der Waals surface area contributed by atoms with Crippen molar-refractivity contribution in [1.29, 1.82) is 0 Å². The van der Waals surface area contributed by atoms with Gasteiger partial charge in [0, 0.05) is 13.0 Å². The van der Waals surface area contributed by atoms with Gasteiger partial charge in [-0.25, -0.2) is 0 Å². The van der Waals surface area contributed by atoms with Gasteiger partial charge in [-0.3, -0.25) is 4.79 Å². The topological polar surface area (TPSA) is 35.5 Å². The number of carbonyl (C=O) groups is 1. The predicted molar refractivity (Wildman–Crippen MR) is 91.3 cm³/mol. The lowest BCUT2D eigenvalue weighted by Crippen LogP contribution is -2.58. The highest BCUT2D eigenvalue weighted by Crippen LogP contribution is 2.69. The van der Waals surface area contributed by atoms with E-state index in [2.05, 4.69) is 6.92 Å². The van der Waals surface area contributed by atoms with Crippen LogP contribution in [0, 0.1) is 40.4 Å². The van der Waals surface area contributed by atoms with Gasteiger partial charge in [-0.1, -0.05) is 19.8 Å². The van der Waals surface area contributed by atoms with Gasteiger partial charge in [0.05, 0.1) is 18.1 Å². The van der Waals surface area contributed by atoms with Crippen LogP contribution in [0.1, 0.15) is 64.7 Å². The monoisotopic (exact) mass is 332 g/mol. The van der Waals surface area contributed by atoms with Crippen molar-refractivity contribution in [3.8, 4) is 0 Å². The van der Waals surface area contributed by atoms with E-state index in [0.717, 1.165) is 18.3 Å². The molecule has 4 saturated carbocycles. The van der Waals surface area contributed by atoms with Gasteiger partial charge in [0.1, 0.15) is 0 Å². The highest BCUT2D eigenvalue weighted by atomic mass is 16.5. The zero-order valence-electron chi connectivity index (χ0n) is 15.3. The first-order valence-corrected chi connectivity index (χ1v) is 10.3. The van der Waals surface area contributed by atoms with Crippen LogP contribution in [-0.4, -0.2) is 25.8 Å². The first-order chi connectivity index (χ1) is 11.6. The molecule has 0 aromatic rings. The number of cyclic esters (lactones) is 1. The predicted octanol–water partition coefficient (Wildman–Crippen LogP) is 4.20. The average Bonchev–Trinajstić information content (AvgIpc) is 3.11. The van der Waals surface area contributed by atoms with E-state index in [1.807, 2.05) is 7.11 Å². The van der Waals surface area contributed by atoms with Crippen molar-refractivity contribution in [2.75, 3.05) is 13.7 Å². The van der Waals surface area contributed by atoms with Crippen molar-refractivity contribution in [2.24, 2.45) is 40.4 Å². The Morgan fingerprint density at radius 1 is 1.04 bits per heavy atom. The molecule has 1 saturated heterocycles. The first-order valence-electron chi connectivity index (χ1n) is 10.3. The second-order valence-electron chi connectivity index (χ2n) is 9.70. The lowest BCUT2D eigenvalue weighted by Gasteiger charge is -2.61. The Labute approximate surface area is 145 Å². The Balaban J connectivity index is 1.53. The molecule has 5 fully saturated rings. The zero-order chi connectivity index (χ0) is 16.5. The Kier molecular flexibility index (Phi) is 3.41. The van der Waals surface area contributed by atoms with Crippen LogP contribution in [0.2, 0.25) is 0 Å². The Bertz CT molecular complexity index is 545. The number of esters is 1. The number of fused-ring (bicyclic) bond motifs is 4. The Morgan fingerprint density at radius 3 is 2.75 bits per heavy atom. The van der Waals surface area contributed by atoms with Crippen LogP contribution in [0.5, 0.6) is 0 Å². The van der Waals surface area contributed by atoms with Crippen molar-refractivity contribution >= 4 is 5.97 Å². The second-order valence-corrected chi connectivity index (χ2v) is 9.70. The minimum atomic E-state index is -0.114. The van der Waals surface area contributed by atoms with Gasteiger partial charge in [-0.05, 0) is 74.0 Å². The van der Waals surface area contributed by atoms with Gasteiger partial charge in [-0.15, -0.1) is 0 Å². The molecular formula is C21H32O3. The second kappa shape index (κ2) is 5.22. The number of methoxy groups -OCH3 is 1. The third kappa shape index (κ3) is 1.75. The van der Waals surface area contributed by atoms with Gasteiger partial charge in [0.2, 0.25) is 0 Å². The van der Waals surface area contributed by atoms with E-state index >= 15 is 0 Å². The summed E-state index contributed by atoms with van der Waals surface area (Å²) >= 11 is 0. The highest BCUT2D eigenvalue weighted by molar-refractivity contribution is 5.80. The van der Waals surface area contributed by atoms with E-state index in [9.17, 15) is 4.79 Å². The molecule has 3 heteroatoms. The lowest BCUT2D eigenvalue weighted by molar-refractivity contribution is -0.177. The van der Waals surface area contributed by atoms with E-state index in [1.165, 1.54) is 51.4 Å². The fraction of sp³-hybridized carbons (Fsp3) is 0.952. The summed E-state index contributed by atoms with van der Waals surface area (Å²) in [6.07, 6.45) is 11.9. The maximum Gasteiger partial charge on any atom is 0.312 e. The summed E-state index contributed by atoms with van der Waals surface area (Å²) in [6, 6.07) is 0. The largest absolute Gasteiger partial charge is 0.465 e. The highest BCUT2D eigenvalue weighted by Gasteiger charge is 2.68. The summed E-state index contributed by atoms with van der Waals surface area (Å²) in [7, 11) is 1.92. The molecule has 1 heterocycles. The Hall–Kier alpha value is -0.570. The van der Waals surface area contributed by atoms with Gasteiger partial charge in [0.15, 0.2) is 0 Å². The fourth-order valence-electron chi connectivity index (χ4n) is 8.33. The van der Waals surface area contributed by atoms with Crippen LogP contribution in [0.15, 0.2) is 0 Å². The average molecular weight is 332 g/mol. The lowest BCUT2D eigenvalue weighted by atomic mass is 9.44. The van der Waals surface area contributed by atoms with Crippen LogP contribution >= 0.6 is 0 Å². The molecule has 3 unspecified atom stereocenters. The smallest absolute Gasteiger partial charge is 0.312 e. The van der Waals surface area contributed by atoms with Crippen molar-refractivity contribution < 1.29 is 14.3 Å². The quantitative estimate of drug-likeness (QED) is 0.675. The van der Waals surface area contributed by atoms with Crippen LogP contribution in [0.4, 0.5) is 0 Å². The summed E-state index contributed by atoms with van der Waals surface area (Å²) in [5.41, 5.74) is 0.321. The number of carbonyl (C=O) groups excluding carboxylic acids is 1. The minimum Gasteiger partial charge on any atom is -0.465 e. The molecule has 0 bridgehead atoms. The molecule has 4 aliphatic carbocycles. The summed E-state index contributed by atoms with van der Waals surface area (Å²) in [6.45, 7) is 3.26. The molecule has 0 radical (unpaired) electrons. The molecule has 134 valence electrons. The summed E-state index contributed by atoms with van der Waals surface area (Å²) in [4.78, 5) is 12.7. The van der Waals surface area contributed by atoms with Gasteiger partial charge >= 0.3 is 5.97 Å². The number of hydrogen-bond acceptors (Lipinski definition) is 3. The SMILES string of the molecule is CO[C@@H]1C[C@@H]2C(CC[C@]34C(=O)OC[C@H]3CCC24)[C@@]2(C)CCCCC12. The molecular weight excluding hydrogens is 300 g/mol. The molecule has 1 spiro atoms. The molecule has 5 rings (SSSR count). The zero-order valence-corrected chi connectivity index (χ0v) is 15.3. The molecule has 0 amide bonds. The van der Waals surface area contributed by atoms with Crippen molar-refractivity contribution in [1.82, 2.24) is 0 Å². The van der Waals surface area contributed by atoms with E-state index < -0.39 is 0 Å². The first kappa shape index (κ1) is 15.7. The normalized spacial score (nSPS) is 56.0. The van der Waals surface area contributed by atoms with Crippen molar-refractivity contribution in [3.63, 3.8) is 0 Å². The summed E-state index contributed by atoms with van der Waals surface area (Å²) in [5, 5.41) is 0. The van der Waals surface area contributed by atoms with E-state index in [-0.39, 0.29) is 11.4 Å². The minimum absolute atomic E-state index is 0.114. The number of hydrogen-bond donors (Lipinski definition) is 0. The van der Waals surface area contributed by atoms with Gasteiger partial charge < -0.3 is 9.47 Å². The number of ether oxygens (including phenoxy) is 2. The van der Waals surface area contributed by atoms with E-state index in [4.69, 9.17) is 9.47 Å². The molecule has 8 atom stereocenters. The van der Waals surface area contributed by atoms with Gasteiger partial charge in [0.25, 0.3) is 0 Å². The molecule has 24 heavy (non-hydrogen) atoms. The molecule has 1 aliphatic heterocycles. The third-order valence-corrected chi connectivity index (χ3v) is 9.35. The molecule has 3 nitrogen and oxygen atoms in total. The van der Waals surface area contributed by atoms with Crippen LogP contribution in [-0.2, 0) is 14.3 Å². The molecule has 0 aromatic carbocycles. The summed E-state index contributed by atoms with van der Waals surface area (Å²) in [5.74, 6) is 3.44. The van der Waals surface area contributed by atoms with E-state index in [1.54, 1.807) is 0 Å². The molecule has 5 aliphatic rings. The maximum absolute atomic E-state index is 12.7. The van der Waals surface area contributed by atoms with Crippen LogP contribution in [0.25, 0.3) is 0 Å². The standard InChI is InChI=1S/C21H32O3/c1-20-9-4-3-5-17(20)18(23-2)11-14-15(20)8-10-21-13(6-7-16(14)21)12-24-19(21)22/h13-18H,3-12H2,1-2H3/t13-,14-,15?,16?,17?,18-,20-,21+/m1/s1. The Morgan fingerprint density at radius 2 is 1.92 bits per heavy atom. The van der Waals surface area contributed by atoms with Gasteiger partial charge in [-0.2, -0.15) is 0 Å². The number of rotatable bonds is 1. The van der Waals surface area contributed by atoms with Crippen LogP contribution in [0.3, 0.4) is 0 Å². The maximum atomic E-state index is 12.7. The van der Waals surface area contributed by atoms with E-state index in [0.29, 0.717) is 35.9 Å². The summed E-state index contributed by atoms with van der Waals surface area (Å²) < 4.78 is 11.6.